The highest BCUT2D eigenvalue weighted by Crippen LogP contribution is 2.38. The van der Waals surface area contributed by atoms with Gasteiger partial charge in [0.25, 0.3) is 5.91 Å². The van der Waals surface area contributed by atoms with E-state index in [-0.39, 0.29) is 12.0 Å². The second-order valence-electron chi connectivity index (χ2n) is 12.4. The molecule has 0 saturated carbocycles. The van der Waals surface area contributed by atoms with E-state index < -0.39 is 35.4 Å². The Labute approximate surface area is 290 Å². The molecule has 8 rings (SSSR count). The molecule has 6 aromatic rings. The molecule has 2 aromatic heterocycles. The van der Waals surface area contributed by atoms with Crippen molar-refractivity contribution >= 4 is 39.6 Å². The lowest BCUT2D eigenvalue weighted by molar-refractivity contribution is 0.102. The molecule has 8 nitrogen and oxygen atoms in total. The molecule has 0 unspecified atom stereocenters. The van der Waals surface area contributed by atoms with Gasteiger partial charge >= 0.3 is 0 Å². The first-order chi connectivity index (χ1) is 24.8. The monoisotopic (exact) mass is 693 g/mol. The largest absolute Gasteiger partial charge is 0.493 e. The van der Waals surface area contributed by atoms with E-state index in [4.69, 9.17) is 9.47 Å². The topological polar surface area (TPSA) is 80.6 Å². The van der Waals surface area contributed by atoms with E-state index in [9.17, 15) is 22.4 Å². The Bertz CT molecular complexity index is 2260. The average molecular weight is 694 g/mol. The van der Waals surface area contributed by atoms with Crippen LogP contribution < -0.4 is 20.3 Å². The molecular formula is C39H31F4N5O3. The van der Waals surface area contributed by atoms with Crippen molar-refractivity contribution in [2.24, 2.45) is 0 Å². The van der Waals surface area contributed by atoms with Crippen molar-refractivity contribution in [1.82, 2.24) is 9.55 Å². The number of pyridine rings is 1. The summed E-state index contributed by atoms with van der Waals surface area (Å²) in [5.41, 5.74) is 5.57. The molecule has 12 heteroatoms. The van der Waals surface area contributed by atoms with Crippen molar-refractivity contribution in [2.45, 2.75) is 13.0 Å². The van der Waals surface area contributed by atoms with Crippen LogP contribution in [0.5, 0.6) is 5.75 Å². The number of amides is 1. The summed E-state index contributed by atoms with van der Waals surface area (Å²) in [6.45, 7) is 3.18. The van der Waals surface area contributed by atoms with Gasteiger partial charge < -0.3 is 29.6 Å². The lowest BCUT2D eigenvalue weighted by Gasteiger charge is -2.28. The van der Waals surface area contributed by atoms with E-state index in [0.717, 1.165) is 43.3 Å². The van der Waals surface area contributed by atoms with Crippen molar-refractivity contribution in [3.63, 3.8) is 0 Å². The van der Waals surface area contributed by atoms with Crippen molar-refractivity contribution in [3.8, 4) is 16.9 Å². The number of nitrogens with zero attached hydrogens (tertiary/aromatic N) is 3. The predicted molar refractivity (Wildman–Crippen MR) is 187 cm³/mol. The second kappa shape index (κ2) is 13.4. The van der Waals surface area contributed by atoms with Gasteiger partial charge in [0.2, 0.25) is 0 Å². The first kappa shape index (κ1) is 32.3. The molecule has 51 heavy (non-hydrogen) atoms. The number of anilines is 4. The quantitative estimate of drug-likeness (QED) is 0.124. The molecular weight excluding hydrogens is 662 g/mol. The number of fused-ring (bicyclic) bond motifs is 3. The number of carbonyl (C=O) groups is 1. The molecule has 4 aromatic carbocycles. The summed E-state index contributed by atoms with van der Waals surface area (Å²) in [5.74, 6) is -5.36. The minimum Gasteiger partial charge on any atom is -0.493 e. The number of morpholine rings is 1. The van der Waals surface area contributed by atoms with E-state index in [0.29, 0.717) is 57.7 Å². The van der Waals surface area contributed by atoms with Gasteiger partial charge in [0, 0.05) is 60.2 Å². The molecule has 0 radical (unpaired) electrons. The van der Waals surface area contributed by atoms with Gasteiger partial charge in [-0.2, -0.15) is 0 Å². The predicted octanol–water partition coefficient (Wildman–Crippen LogP) is 8.08. The SMILES string of the molecule is O=C1Nc2cc(CCOc3ccc(N4CCOCC4)cc3)ccc2Nc2cc(-c3cn(Cc4c(F)c(F)cc(F)c4F)c4cnccc34)ccc21. The zero-order valence-corrected chi connectivity index (χ0v) is 27.2. The fraction of sp³-hybridized carbons (Fsp3) is 0.179. The minimum atomic E-state index is -1.47. The molecule has 0 atom stereocenters. The molecule has 258 valence electrons. The van der Waals surface area contributed by atoms with E-state index in [1.54, 1.807) is 30.6 Å². The van der Waals surface area contributed by atoms with Crippen LogP contribution in [-0.4, -0.2) is 48.4 Å². The minimum absolute atomic E-state index is 0.189. The third-order valence-electron chi connectivity index (χ3n) is 9.26. The Morgan fingerprint density at radius 1 is 0.804 bits per heavy atom. The fourth-order valence-electron chi connectivity index (χ4n) is 6.60. The lowest BCUT2D eigenvalue weighted by atomic mass is 10.0. The summed E-state index contributed by atoms with van der Waals surface area (Å²) < 4.78 is 70.1. The van der Waals surface area contributed by atoms with Crippen molar-refractivity contribution in [2.75, 3.05) is 48.4 Å². The normalized spacial score (nSPS) is 14.0. The molecule has 2 aliphatic rings. The first-order valence-corrected chi connectivity index (χ1v) is 16.5. The highest BCUT2D eigenvalue weighted by Gasteiger charge is 2.23. The smallest absolute Gasteiger partial charge is 0.257 e. The molecule has 1 fully saturated rings. The fourth-order valence-corrected chi connectivity index (χ4v) is 6.60. The molecule has 2 aliphatic heterocycles. The van der Waals surface area contributed by atoms with E-state index in [1.807, 2.05) is 36.4 Å². The van der Waals surface area contributed by atoms with Crippen molar-refractivity contribution in [3.05, 3.63) is 131 Å². The zero-order valence-electron chi connectivity index (χ0n) is 27.2. The van der Waals surface area contributed by atoms with Crippen molar-refractivity contribution in [1.29, 1.82) is 0 Å². The molecule has 0 spiro atoms. The molecule has 4 heterocycles. The highest BCUT2D eigenvalue weighted by atomic mass is 19.2. The maximum Gasteiger partial charge on any atom is 0.257 e. The van der Waals surface area contributed by atoms with Crippen LogP contribution in [0.1, 0.15) is 21.5 Å². The number of benzene rings is 4. The van der Waals surface area contributed by atoms with Gasteiger partial charge in [-0.1, -0.05) is 12.1 Å². The van der Waals surface area contributed by atoms with Gasteiger partial charge in [0.05, 0.1) is 60.7 Å². The van der Waals surface area contributed by atoms with Gasteiger partial charge in [-0.05, 0) is 65.7 Å². The van der Waals surface area contributed by atoms with Crippen LogP contribution in [0.3, 0.4) is 0 Å². The first-order valence-electron chi connectivity index (χ1n) is 16.5. The number of rotatable bonds is 8. The van der Waals surface area contributed by atoms with Gasteiger partial charge in [0.15, 0.2) is 23.3 Å². The summed E-state index contributed by atoms with van der Waals surface area (Å²) in [6, 6.07) is 21.1. The Kier molecular flexibility index (Phi) is 8.52. The molecule has 0 bridgehead atoms. The molecule has 1 amide bonds. The van der Waals surface area contributed by atoms with E-state index in [1.165, 1.54) is 10.8 Å². The maximum absolute atomic E-state index is 14.6. The van der Waals surface area contributed by atoms with Crippen molar-refractivity contribution < 1.29 is 31.8 Å². The molecule has 2 N–H and O–H groups in total. The summed E-state index contributed by atoms with van der Waals surface area (Å²) in [7, 11) is 0. The van der Waals surface area contributed by atoms with Crippen LogP contribution >= 0.6 is 0 Å². The number of nitrogens with one attached hydrogen (secondary N) is 2. The van der Waals surface area contributed by atoms with Crippen LogP contribution in [0, 0.1) is 23.3 Å². The van der Waals surface area contributed by atoms with E-state index in [2.05, 4.69) is 32.7 Å². The Hall–Kier alpha value is -5.88. The van der Waals surface area contributed by atoms with Crippen LogP contribution in [-0.2, 0) is 17.7 Å². The van der Waals surface area contributed by atoms with Crippen LogP contribution in [0.2, 0.25) is 0 Å². The van der Waals surface area contributed by atoms with Crippen LogP contribution in [0.15, 0.2) is 91.4 Å². The molecule has 1 saturated heterocycles. The third-order valence-corrected chi connectivity index (χ3v) is 9.26. The highest BCUT2D eigenvalue weighted by molar-refractivity contribution is 6.13. The molecule has 0 aliphatic carbocycles. The number of aromatic nitrogens is 2. The number of ether oxygens (including phenoxy) is 2. The second-order valence-corrected chi connectivity index (χ2v) is 12.4. The summed E-state index contributed by atoms with van der Waals surface area (Å²) >= 11 is 0. The Balaban J connectivity index is 1.01. The Morgan fingerprint density at radius 3 is 2.37 bits per heavy atom. The summed E-state index contributed by atoms with van der Waals surface area (Å²) in [4.78, 5) is 19.8. The lowest BCUT2D eigenvalue weighted by Crippen LogP contribution is -2.36. The van der Waals surface area contributed by atoms with E-state index >= 15 is 0 Å². The maximum atomic E-state index is 14.6. The number of halogens is 4. The standard InChI is InChI=1S/C39H31F4N5O3/c40-31-19-32(41)38(43)30(37(31)42)22-48-21-29(27-9-11-44-20-36(27)48)24-2-7-28-34(18-24)45-33-8-1-23(17-35(33)46-39(28)49)10-14-51-26-5-3-25(4-6-26)47-12-15-50-16-13-47/h1-9,11,17-21,45H,10,12-16,22H2,(H,46,49). The number of hydrogen-bond donors (Lipinski definition) is 2. The Morgan fingerprint density at radius 2 is 1.59 bits per heavy atom. The van der Waals surface area contributed by atoms with Gasteiger partial charge in [0.1, 0.15) is 5.75 Å². The van der Waals surface area contributed by atoms with Crippen LogP contribution in [0.4, 0.5) is 40.3 Å². The average Bonchev–Trinajstić information content (AvgIpc) is 3.45. The summed E-state index contributed by atoms with van der Waals surface area (Å²) in [5, 5.41) is 7.08. The third kappa shape index (κ3) is 6.34. The summed E-state index contributed by atoms with van der Waals surface area (Å²) in [6.07, 6.45) is 5.36. The van der Waals surface area contributed by atoms with Gasteiger partial charge in [-0.3, -0.25) is 9.78 Å². The van der Waals surface area contributed by atoms with Gasteiger partial charge in [-0.15, -0.1) is 0 Å². The number of carbonyl (C=O) groups excluding carboxylic acids is 1. The zero-order chi connectivity index (χ0) is 35.1. The number of hydrogen-bond acceptors (Lipinski definition) is 6. The van der Waals surface area contributed by atoms with Gasteiger partial charge in [-0.25, -0.2) is 17.6 Å². The van der Waals surface area contributed by atoms with Crippen LogP contribution in [0.25, 0.3) is 22.0 Å².